The van der Waals surface area contributed by atoms with E-state index >= 15 is 0 Å². The monoisotopic (exact) mass is 1120 g/mol. The lowest BCUT2D eigenvalue weighted by molar-refractivity contribution is 1.17. The number of para-hydroxylation sites is 4. The van der Waals surface area contributed by atoms with Gasteiger partial charge in [-0.3, -0.25) is 0 Å². The molecule has 0 unspecified atom stereocenters. The van der Waals surface area contributed by atoms with Crippen LogP contribution in [-0.4, -0.2) is 18.3 Å². The number of nitrogens with zero attached hydrogens (tertiary/aromatic N) is 4. The van der Waals surface area contributed by atoms with Gasteiger partial charge in [-0.2, -0.15) is 0 Å². The maximum Gasteiger partial charge on any atom is 0.0548 e. The Morgan fingerprint density at radius 2 is 0.398 bits per heavy atom. The molecule has 0 aliphatic heterocycles. The molecule has 4 nitrogen and oxygen atoms in total. The highest BCUT2D eigenvalue weighted by atomic mass is 15.0. The average Bonchev–Trinajstić information content (AvgIpc) is 1.59. The molecular formula is C84H54N4. The molecule has 4 heteroatoms. The normalized spacial score (nSPS) is 11.9. The van der Waals surface area contributed by atoms with E-state index in [1.165, 1.54) is 143 Å². The molecule has 0 radical (unpaired) electrons. The van der Waals surface area contributed by atoms with Crippen molar-refractivity contribution < 1.29 is 0 Å². The third-order valence-electron chi connectivity index (χ3n) is 18.4. The van der Waals surface area contributed by atoms with Crippen LogP contribution in [0.15, 0.2) is 328 Å². The summed E-state index contributed by atoms with van der Waals surface area (Å²) >= 11 is 0. The second-order valence-corrected chi connectivity index (χ2v) is 23.2. The number of hydrogen-bond donors (Lipinski definition) is 0. The van der Waals surface area contributed by atoms with E-state index in [9.17, 15) is 0 Å². The Morgan fingerprint density at radius 1 is 0.136 bits per heavy atom. The third kappa shape index (κ3) is 7.79. The van der Waals surface area contributed by atoms with E-state index in [0.29, 0.717) is 0 Å². The Labute approximate surface area is 508 Å². The Kier molecular flexibility index (Phi) is 11.3. The maximum absolute atomic E-state index is 2.47. The zero-order valence-corrected chi connectivity index (χ0v) is 48.0. The summed E-state index contributed by atoms with van der Waals surface area (Å²) in [5, 5.41) is 10.0. The first-order valence-corrected chi connectivity index (χ1v) is 30.3. The predicted octanol–water partition coefficient (Wildman–Crippen LogP) is 22.4. The topological polar surface area (TPSA) is 19.7 Å². The van der Waals surface area contributed by atoms with Crippen LogP contribution in [0.5, 0.6) is 0 Å². The zero-order valence-electron chi connectivity index (χ0n) is 48.0. The molecule has 0 saturated carbocycles. The van der Waals surface area contributed by atoms with Crippen molar-refractivity contribution in [1.82, 2.24) is 18.3 Å². The fourth-order valence-electron chi connectivity index (χ4n) is 14.4. The van der Waals surface area contributed by atoms with Crippen LogP contribution in [0.1, 0.15) is 0 Å². The zero-order chi connectivity index (χ0) is 57.8. The van der Waals surface area contributed by atoms with Gasteiger partial charge in [0.25, 0.3) is 0 Å². The Balaban J connectivity index is 0.716. The van der Waals surface area contributed by atoms with E-state index in [1.54, 1.807) is 0 Å². The molecule has 18 aromatic rings. The second kappa shape index (κ2) is 20.0. The highest BCUT2D eigenvalue weighted by Crippen LogP contribution is 2.46. The SMILES string of the molecule is c1ccc(-c2ccc(-n3c4ccccc4c4c5c6cc(-c7ccc(-c8cccc(-c9ccc(-n%10c%11ccccc%11c%11c%12c%13ccccc%13n(-c%13ccccc%13)c%12ccc%11%10)cc9)c8)cc7)ccc6n(-c6cccc(-c7ccccc7)c6)c5ccc43)cc2)cc1. The Morgan fingerprint density at radius 3 is 0.864 bits per heavy atom. The largest absolute Gasteiger partial charge is 0.309 e. The van der Waals surface area contributed by atoms with Gasteiger partial charge in [0.05, 0.1) is 44.1 Å². The minimum Gasteiger partial charge on any atom is -0.309 e. The average molecular weight is 1120 g/mol. The molecule has 0 amide bonds. The third-order valence-corrected chi connectivity index (χ3v) is 18.4. The molecule has 18 rings (SSSR count). The summed E-state index contributed by atoms with van der Waals surface area (Å²) in [6.07, 6.45) is 0. The minimum atomic E-state index is 1.13. The molecule has 4 heterocycles. The minimum absolute atomic E-state index is 1.13. The van der Waals surface area contributed by atoms with Crippen molar-refractivity contribution in [2.75, 3.05) is 0 Å². The molecule has 0 spiro atoms. The van der Waals surface area contributed by atoms with E-state index < -0.39 is 0 Å². The van der Waals surface area contributed by atoms with Crippen LogP contribution in [0.25, 0.3) is 166 Å². The van der Waals surface area contributed by atoms with Gasteiger partial charge >= 0.3 is 0 Å². The lowest BCUT2D eigenvalue weighted by Crippen LogP contribution is -1.95. The summed E-state index contributed by atoms with van der Waals surface area (Å²) in [5.74, 6) is 0. The molecule has 0 bridgehead atoms. The molecule has 0 aliphatic rings. The van der Waals surface area contributed by atoms with Crippen molar-refractivity contribution in [1.29, 1.82) is 0 Å². The number of fused-ring (bicyclic) bond motifs is 14. The van der Waals surface area contributed by atoms with Crippen molar-refractivity contribution in [2.24, 2.45) is 0 Å². The summed E-state index contributed by atoms with van der Waals surface area (Å²) in [5.41, 5.74) is 25.9. The van der Waals surface area contributed by atoms with Gasteiger partial charge in [0.2, 0.25) is 0 Å². The van der Waals surface area contributed by atoms with Gasteiger partial charge in [0.15, 0.2) is 0 Å². The number of benzene rings is 14. The summed E-state index contributed by atoms with van der Waals surface area (Å²) in [6, 6.07) is 120. The number of aromatic nitrogens is 4. The summed E-state index contributed by atoms with van der Waals surface area (Å²) in [4.78, 5) is 0. The molecule has 88 heavy (non-hydrogen) atoms. The first-order chi connectivity index (χ1) is 43.7. The van der Waals surface area contributed by atoms with Crippen LogP contribution < -0.4 is 0 Å². The molecule has 0 fully saturated rings. The first-order valence-electron chi connectivity index (χ1n) is 30.3. The van der Waals surface area contributed by atoms with Crippen LogP contribution in [0.3, 0.4) is 0 Å². The fraction of sp³-hybridized carbons (Fsp3) is 0. The van der Waals surface area contributed by atoms with E-state index in [0.717, 1.165) is 22.7 Å². The molecule has 0 aliphatic carbocycles. The van der Waals surface area contributed by atoms with Gasteiger partial charge in [-0.25, -0.2) is 0 Å². The lowest BCUT2D eigenvalue weighted by atomic mass is 9.96. The maximum atomic E-state index is 2.47. The van der Waals surface area contributed by atoms with Crippen molar-refractivity contribution >= 4 is 87.2 Å². The molecular weight excluding hydrogens is 1060 g/mol. The van der Waals surface area contributed by atoms with Gasteiger partial charge in [0.1, 0.15) is 0 Å². The summed E-state index contributed by atoms with van der Waals surface area (Å²) < 4.78 is 9.76. The molecule has 4 aromatic heterocycles. The fourth-order valence-corrected chi connectivity index (χ4v) is 14.4. The van der Waals surface area contributed by atoms with Crippen LogP contribution in [0.4, 0.5) is 0 Å². The highest BCUT2D eigenvalue weighted by Gasteiger charge is 2.24. The number of rotatable bonds is 9. The molecule has 0 saturated heterocycles. The quantitative estimate of drug-likeness (QED) is 0.137. The lowest BCUT2D eigenvalue weighted by Gasteiger charge is -2.12. The smallest absolute Gasteiger partial charge is 0.0548 e. The van der Waals surface area contributed by atoms with Crippen molar-refractivity contribution in [3.63, 3.8) is 0 Å². The summed E-state index contributed by atoms with van der Waals surface area (Å²) in [6.45, 7) is 0. The van der Waals surface area contributed by atoms with E-state index in [2.05, 4.69) is 346 Å². The van der Waals surface area contributed by atoms with Crippen LogP contribution in [-0.2, 0) is 0 Å². The molecule has 14 aromatic carbocycles. The van der Waals surface area contributed by atoms with Crippen molar-refractivity contribution in [3.05, 3.63) is 328 Å². The standard InChI is InChI=1S/C84H54N4/c1-4-18-55(19-5-1)57-38-43-66(44-39-57)87-75-33-15-12-30-71(75)83-79(87)50-51-80-84(83)72-54-64(42-47-76(72)88(80)68-27-17-24-63(53-68)56-20-6-2-7-21-56)59-36-34-58(35-37-59)61-22-16-23-62(52-61)60-40-45-67(46-41-60)86-74-32-14-11-29-70(74)82-78(86)49-48-77-81(82)69-28-10-13-31-73(69)85(77)65-25-8-3-9-26-65/h1-54H. The van der Waals surface area contributed by atoms with E-state index in [-0.39, 0.29) is 0 Å². The van der Waals surface area contributed by atoms with Crippen molar-refractivity contribution in [3.8, 4) is 78.4 Å². The van der Waals surface area contributed by atoms with Crippen LogP contribution in [0.2, 0.25) is 0 Å². The van der Waals surface area contributed by atoms with Crippen LogP contribution >= 0.6 is 0 Å². The number of hydrogen-bond acceptors (Lipinski definition) is 0. The predicted molar refractivity (Wildman–Crippen MR) is 371 cm³/mol. The summed E-state index contributed by atoms with van der Waals surface area (Å²) in [7, 11) is 0. The van der Waals surface area contributed by atoms with Gasteiger partial charge in [-0.15, -0.1) is 0 Å². The molecule has 0 N–H and O–H groups in total. The van der Waals surface area contributed by atoms with E-state index in [1.807, 2.05) is 0 Å². The van der Waals surface area contributed by atoms with Gasteiger partial charge < -0.3 is 18.3 Å². The molecule has 410 valence electrons. The van der Waals surface area contributed by atoms with E-state index in [4.69, 9.17) is 0 Å². The van der Waals surface area contributed by atoms with Crippen LogP contribution in [0, 0.1) is 0 Å². The molecule has 0 atom stereocenters. The Bertz CT molecular complexity index is 5750. The first kappa shape index (κ1) is 49.7. The second-order valence-electron chi connectivity index (χ2n) is 23.2. The van der Waals surface area contributed by atoms with Gasteiger partial charge in [-0.1, -0.05) is 218 Å². The Hall–Kier alpha value is -11.7. The van der Waals surface area contributed by atoms with Gasteiger partial charge in [-0.05, 0) is 165 Å². The highest BCUT2D eigenvalue weighted by molar-refractivity contribution is 6.30. The van der Waals surface area contributed by atoms with Gasteiger partial charge in [0, 0.05) is 65.8 Å². The van der Waals surface area contributed by atoms with Crippen molar-refractivity contribution in [2.45, 2.75) is 0 Å².